The van der Waals surface area contributed by atoms with Crippen molar-refractivity contribution in [3.63, 3.8) is 0 Å². The summed E-state index contributed by atoms with van der Waals surface area (Å²) in [6.45, 7) is 19.4. The first-order valence-corrected chi connectivity index (χ1v) is 14.2. The summed E-state index contributed by atoms with van der Waals surface area (Å²) in [4.78, 5) is 0. The van der Waals surface area contributed by atoms with Crippen molar-refractivity contribution in [1.29, 1.82) is 0 Å². The molecule has 0 aliphatic rings. The van der Waals surface area contributed by atoms with Gasteiger partial charge in [-0.25, -0.2) is 0 Å². The summed E-state index contributed by atoms with van der Waals surface area (Å²) in [5.74, 6) is 0. The third kappa shape index (κ3) is 7.83. The highest BCUT2D eigenvalue weighted by atomic mass is 28.4. The Morgan fingerprint density at radius 1 is 0.481 bits per heavy atom. The second-order valence-electron chi connectivity index (χ2n) is 5.89. The Hall–Kier alpha value is 0.154. The second-order valence-corrected chi connectivity index (χ2v) is 11.4. The van der Waals surface area contributed by atoms with Crippen LogP contribution in [0.15, 0.2) is 0 Å². The molecule has 0 spiro atoms. The Bertz CT molecular complexity index is 299. The first kappa shape index (κ1) is 27.2. The van der Waals surface area contributed by atoms with Crippen LogP contribution in [0.25, 0.3) is 0 Å². The fourth-order valence-corrected chi connectivity index (χ4v) is 9.34. The summed E-state index contributed by atoms with van der Waals surface area (Å²) in [7, 11) is -5.81. The predicted octanol–water partition coefficient (Wildman–Crippen LogP) is 3.31. The van der Waals surface area contributed by atoms with Gasteiger partial charge >= 0.3 is 17.6 Å². The number of nitrogens with one attached hydrogen (secondary N) is 1. The third-order valence-electron chi connectivity index (χ3n) is 4.15. The lowest BCUT2D eigenvalue weighted by Crippen LogP contribution is -2.69. The number of hydrogen-bond acceptors (Lipinski definition) is 7. The van der Waals surface area contributed by atoms with E-state index in [0.717, 1.165) is 12.8 Å². The maximum absolute atomic E-state index is 6.13. The van der Waals surface area contributed by atoms with E-state index >= 15 is 0 Å². The zero-order valence-electron chi connectivity index (χ0n) is 18.8. The van der Waals surface area contributed by atoms with E-state index in [0.29, 0.717) is 39.6 Å². The first-order valence-electron chi connectivity index (χ1n) is 10.6. The van der Waals surface area contributed by atoms with Gasteiger partial charge in [-0.1, -0.05) is 13.8 Å². The van der Waals surface area contributed by atoms with E-state index in [1.54, 1.807) is 0 Å². The normalized spacial score (nSPS) is 15.1. The molecule has 0 aliphatic heterocycles. The molecule has 0 fully saturated rings. The quantitative estimate of drug-likeness (QED) is 0.338. The molecule has 0 rings (SSSR count). The molecule has 7 nitrogen and oxygen atoms in total. The van der Waals surface area contributed by atoms with Gasteiger partial charge in [0.2, 0.25) is 0 Å². The fourth-order valence-electron chi connectivity index (χ4n) is 3.24. The molecule has 0 aromatic heterocycles. The molecule has 2 unspecified atom stereocenters. The molecule has 0 aliphatic carbocycles. The molecule has 1 N–H and O–H groups in total. The predicted molar refractivity (Wildman–Crippen MR) is 113 cm³/mol. The summed E-state index contributed by atoms with van der Waals surface area (Å²) < 4.78 is 36.8. The summed E-state index contributed by atoms with van der Waals surface area (Å²) >= 11 is 0. The van der Waals surface area contributed by atoms with Gasteiger partial charge in [0.1, 0.15) is 0 Å². The van der Waals surface area contributed by atoms with Gasteiger partial charge in [0.05, 0.1) is 11.3 Å². The van der Waals surface area contributed by atoms with E-state index < -0.39 is 17.6 Å². The monoisotopic (exact) mass is 425 g/mol. The molecule has 27 heavy (non-hydrogen) atoms. The maximum atomic E-state index is 6.13. The maximum Gasteiger partial charge on any atom is 0.518 e. The Labute approximate surface area is 169 Å². The van der Waals surface area contributed by atoms with Gasteiger partial charge in [0, 0.05) is 39.6 Å². The highest BCUT2D eigenvalue weighted by molar-refractivity contribution is 6.64. The molecule has 0 bridgehead atoms. The van der Waals surface area contributed by atoms with Gasteiger partial charge in [0.15, 0.2) is 0 Å². The van der Waals surface area contributed by atoms with E-state index in [2.05, 4.69) is 19.2 Å². The third-order valence-corrected chi connectivity index (χ3v) is 11.1. The van der Waals surface area contributed by atoms with E-state index in [1.165, 1.54) is 0 Å². The van der Waals surface area contributed by atoms with Crippen LogP contribution >= 0.6 is 0 Å². The lowest BCUT2D eigenvalue weighted by atomic mass is 10.4. The molecule has 0 amide bonds. The zero-order chi connectivity index (χ0) is 20.8. The van der Waals surface area contributed by atoms with Crippen molar-refractivity contribution >= 4 is 17.6 Å². The minimum Gasteiger partial charge on any atom is -0.373 e. The van der Waals surface area contributed by atoms with Crippen LogP contribution < -0.4 is 5.32 Å². The SMILES string of the molecule is CCO[Si](OCC)(OCC)C(CC)NC(CC)[Si](OCC)(OCC)OCC. The van der Waals surface area contributed by atoms with Gasteiger partial charge in [-0.15, -0.1) is 0 Å². The topological polar surface area (TPSA) is 67.4 Å². The fraction of sp³-hybridized carbons (Fsp3) is 1.00. The molecule has 0 heterocycles. The van der Waals surface area contributed by atoms with E-state index in [-0.39, 0.29) is 11.3 Å². The Morgan fingerprint density at radius 3 is 0.852 bits per heavy atom. The van der Waals surface area contributed by atoms with Crippen molar-refractivity contribution in [3.8, 4) is 0 Å². The van der Waals surface area contributed by atoms with Crippen LogP contribution in [0.4, 0.5) is 0 Å². The zero-order valence-corrected chi connectivity index (χ0v) is 20.8. The lowest BCUT2D eigenvalue weighted by molar-refractivity contribution is 0.0438. The van der Waals surface area contributed by atoms with Gasteiger partial charge in [-0.3, -0.25) is 0 Å². The first-order chi connectivity index (χ1) is 13.0. The van der Waals surface area contributed by atoms with E-state index in [9.17, 15) is 0 Å². The molecule has 0 saturated carbocycles. The average Bonchev–Trinajstić information content (AvgIpc) is 2.63. The van der Waals surface area contributed by atoms with Crippen molar-refractivity contribution in [2.75, 3.05) is 39.6 Å². The summed E-state index contributed by atoms with van der Waals surface area (Å²) in [5, 5.41) is 3.72. The van der Waals surface area contributed by atoms with Gasteiger partial charge < -0.3 is 31.9 Å². The molecule has 9 heteroatoms. The largest absolute Gasteiger partial charge is 0.518 e. The van der Waals surface area contributed by atoms with Crippen LogP contribution in [0, 0.1) is 0 Å². The van der Waals surface area contributed by atoms with Crippen LogP contribution in [-0.2, 0) is 26.6 Å². The van der Waals surface area contributed by atoms with Gasteiger partial charge in [0.25, 0.3) is 0 Å². The number of hydrogen-bond donors (Lipinski definition) is 1. The lowest BCUT2D eigenvalue weighted by Gasteiger charge is -2.41. The Morgan fingerprint density at radius 2 is 0.704 bits per heavy atom. The minimum absolute atomic E-state index is 0.0597. The highest BCUT2D eigenvalue weighted by Crippen LogP contribution is 2.23. The molecule has 0 aromatic rings. The van der Waals surface area contributed by atoms with Crippen LogP contribution in [-0.4, -0.2) is 68.6 Å². The van der Waals surface area contributed by atoms with E-state index in [4.69, 9.17) is 26.6 Å². The summed E-state index contributed by atoms with van der Waals surface area (Å²) in [5.41, 5.74) is -0.119. The Kier molecular flexibility index (Phi) is 15.1. The average molecular weight is 426 g/mol. The Balaban J connectivity index is 5.81. The molecule has 0 aromatic carbocycles. The summed E-state index contributed by atoms with van der Waals surface area (Å²) in [6, 6.07) is 0. The van der Waals surface area contributed by atoms with Crippen molar-refractivity contribution in [3.05, 3.63) is 0 Å². The van der Waals surface area contributed by atoms with Crippen molar-refractivity contribution in [2.24, 2.45) is 0 Å². The molecule has 0 radical (unpaired) electrons. The van der Waals surface area contributed by atoms with Crippen LogP contribution in [0.2, 0.25) is 0 Å². The van der Waals surface area contributed by atoms with Crippen molar-refractivity contribution in [1.82, 2.24) is 5.32 Å². The highest BCUT2D eigenvalue weighted by Gasteiger charge is 2.54. The van der Waals surface area contributed by atoms with Crippen LogP contribution in [0.5, 0.6) is 0 Å². The van der Waals surface area contributed by atoms with Gasteiger partial charge in [-0.2, -0.15) is 0 Å². The van der Waals surface area contributed by atoms with Crippen LogP contribution in [0.1, 0.15) is 68.2 Å². The molecular weight excluding hydrogens is 382 g/mol. The van der Waals surface area contributed by atoms with E-state index in [1.807, 2.05) is 41.5 Å². The molecule has 0 saturated heterocycles. The molecule has 164 valence electrons. The smallest absolute Gasteiger partial charge is 0.373 e. The minimum atomic E-state index is -2.91. The summed E-state index contributed by atoms with van der Waals surface area (Å²) in [6.07, 6.45) is 1.63. The standard InChI is InChI=1S/C18H43NO6Si2/c1-9-17(26(20-11-3,21-12-4)22-13-5)19-18(10-2)27(23-14-6,24-15-7)25-16-8/h17-19H,9-16H2,1-8H3. The van der Waals surface area contributed by atoms with Gasteiger partial charge in [-0.05, 0) is 54.4 Å². The van der Waals surface area contributed by atoms with Crippen molar-refractivity contribution < 1.29 is 26.6 Å². The van der Waals surface area contributed by atoms with Crippen molar-refractivity contribution in [2.45, 2.75) is 79.6 Å². The van der Waals surface area contributed by atoms with Crippen LogP contribution in [0.3, 0.4) is 0 Å². The number of rotatable bonds is 18. The second kappa shape index (κ2) is 15.1. The molecular formula is C18H43NO6Si2. The molecule has 2 atom stereocenters.